The Bertz CT molecular complexity index is 616. The SMILES string of the molecule is CN=C(NCCNC(=O)C(C)C)NC(C)c1ccc2c(c1)CCCC2.I. The summed E-state index contributed by atoms with van der Waals surface area (Å²) < 4.78 is 0. The molecule has 0 saturated heterocycles. The topological polar surface area (TPSA) is 65.5 Å². The van der Waals surface area contributed by atoms with Crippen LogP contribution in [0.1, 0.15) is 56.3 Å². The number of fused-ring (bicyclic) bond motifs is 1. The number of benzene rings is 1. The van der Waals surface area contributed by atoms with Gasteiger partial charge < -0.3 is 16.0 Å². The highest BCUT2D eigenvalue weighted by atomic mass is 127. The number of carbonyl (C=O) groups is 1. The molecule has 146 valence electrons. The van der Waals surface area contributed by atoms with Gasteiger partial charge in [-0.25, -0.2) is 0 Å². The molecular weight excluding hydrogens is 439 g/mol. The zero-order valence-corrected chi connectivity index (χ0v) is 18.7. The number of nitrogens with zero attached hydrogens (tertiary/aromatic N) is 1. The minimum atomic E-state index is 0. The molecule has 1 aromatic rings. The van der Waals surface area contributed by atoms with Crippen molar-refractivity contribution in [2.24, 2.45) is 10.9 Å². The fraction of sp³-hybridized carbons (Fsp3) is 0.600. The first-order valence-electron chi connectivity index (χ1n) is 9.38. The molecule has 0 aliphatic heterocycles. The van der Waals surface area contributed by atoms with Gasteiger partial charge in [0.15, 0.2) is 5.96 Å². The zero-order valence-electron chi connectivity index (χ0n) is 16.4. The standard InChI is InChI=1S/C20H32N4O.HI/c1-14(2)19(25)22-11-12-23-20(21-4)24-15(3)17-10-9-16-7-5-6-8-18(16)13-17;/h9-10,13-15H,5-8,11-12H2,1-4H3,(H,22,25)(H2,21,23,24);1H. The molecule has 2 rings (SSSR count). The summed E-state index contributed by atoms with van der Waals surface area (Å²) in [6, 6.07) is 7.02. The Morgan fingerprint density at radius 3 is 2.38 bits per heavy atom. The van der Waals surface area contributed by atoms with Gasteiger partial charge in [-0.2, -0.15) is 0 Å². The second kappa shape index (κ2) is 11.4. The van der Waals surface area contributed by atoms with E-state index >= 15 is 0 Å². The third-order valence-electron chi connectivity index (χ3n) is 4.69. The van der Waals surface area contributed by atoms with E-state index in [0.29, 0.717) is 13.1 Å². The normalized spacial score (nSPS) is 14.9. The lowest BCUT2D eigenvalue weighted by atomic mass is 9.89. The number of hydrogen-bond acceptors (Lipinski definition) is 2. The quantitative estimate of drug-likeness (QED) is 0.258. The molecule has 1 aliphatic carbocycles. The minimum Gasteiger partial charge on any atom is -0.355 e. The van der Waals surface area contributed by atoms with E-state index in [-0.39, 0.29) is 41.8 Å². The molecule has 1 aliphatic rings. The lowest BCUT2D eigenvalue weighted by Crippen LogP contribution is -2.42. The van der Waals surface area contributed by atoms with Gasteiger partial charge in [-0.1, -0.05) is 32.0 Å². The first kappa shape index (κ1) is 22.7. The maximum absolute atomic E-state index is 11.6. The molecule has 1 atom stereocenters. The molecule has 0 aromatic heterocycles. The molecule has 6 heteroatoms. The van der Waals surface area contributed by atoms with Crippen LogP contribution >= 0.6 is 24.0 Å². The Hall–Kier alpha value is -1.31. The van der Waals surface area contributed by atoms with Crippen molar-refractivity contribution >= 4 is 35.8 Å². The van der Waals surface area contributed by atoms with E-state index in [1.54, 1.807) is 7.05 Å². The molecule has 3 N–H and O–H groups in total. The summed E-state index contributed by atoms with van der Waals surface area (Å²) in [6.45, 7) is 7.17. The number of nitrogens with one attached hydrogen (secondary N) is 3. The van der Waals surface area contributed by atoms with E-state index < -0.39 is 0 Å². The molecule has 0 spiro atoms. The van der Waals surface area contributed by atoms with Crippen molar-refractivity contribution in [3.8, 4) is 0 Å². The molecule has 0 radical (unpaired) electrons. The molecule has 1 unspecified atom stereocenters. The fourth-order valence-electron chi connectivity index (χ4n) is 3.08. The maximum atomic E-state index is 11.6. The van der Waals surface area contributed by atoms with Gasteiger partial charge >= 0.3 is 0 Å². The third-order valence-corrected chi connectivity index (χ3v) is 4.69. The van der Waals surface area contributed by atoms with Gasteiger partial charge in [0.05, 0.1) is 6.04 Å². The Kier molecular flexibility index (Phi) is 9.98. The number of amides is 1. The molecule has 1 amide bonds. The van der Waals surface area contributed by atoms with E-state index in [4.69, 9.17) is 0 Å². The van der Waals surface area contributed by atoms with Crippen molar-refractivity contribution in [1.82, 2.24) is 16.0 Å². The van der Waals surface area contributed by atoms with Gasteiger partial charge in [-0.3, -0.25) is 9.79 Å². The van der Waals surface area contributed by atoms with Crippen LogP contribution in [0.3, 0.4) is 0 Å². The molecular formula is C20H33IN4O. The van der Waals surface area contributed by atoms with E-state index in [0.717, 1.165) is 5.96 Å². The van der Waals surface area contributed by atoms with Crippen molar-refractivity contribution in [2.45, 2.75) is 52.5 Å². The van der Waals surface area contributed by atoms with Crippen LogP contribution in [0.5, 0.6) is 0 Å². The summed E-state index contributed by atoms with van der Waals surface area (Å²) in [5.41, 5.74) is 4.29. The van der Waals surface area contributed by atoms with E-state index in [9.17, 15) is 4.79 Å². The summed E-state index contributed by atoms with van der Waals surface area (Å²) in [6.07, 6.45) is 5.01. The predicted octanol–water partition coefficient (Wildman–Crippen LogP) is 3.18. The van der Waals surface area contributed by atoms with Crippen molar-refractivity contribution in [3.63, 3.8) is 0 Å². The number of carbonyl (C=O) groups excluding carboxylic acids is 1. The van der Waals surface area contributed by atoms with E-state index in [1.165, 1.54) is 42.4 Å². The van der Waals surface area contributed by atoms with Crippen molar-refractivity contribution in [3.05, 3.63) is 34.9 Å². The number of guanidine groups is 1. The van der Waals surface area contributed by atoms with Gasteiger partial charge in [-0.15, -0.1) is 24.0 Å². The summed E-state index contributed by atoms with van der Waals surface area (Å²) in [5.74, 6) is 0.845. The van der Waals surface area contributed by atoms with Gasteiger partial charge in [0.25, 0.3) is 0 Å². The van der Waals surface area contributed by atoms with Crippen molar-refractivity contribution in [1.29, 1.82) is 0 Å². The monoisotopic (exact) mass is 472 g/mol. The van der Waals surface area contributed by atoms with Crippen molar-refractivity contribution < 1.29 is 4.79 Å². The summed E-state index contributed by atoms with van der Waals surface area (Å²) in [4.78, 5) is 15.8. The molecule has 0 heterocycles. The number of hydrogen-bond donors (Lipinski definition) is 3. The largest absolute Gasteiger partial charge is 0.355 e. The first-order chi connectivity index (χ1) is 12.0. The summed E-state index contributed by atoms with van der Waals surface area (Å²) >= 11 is 0. The van der Waals surface area contributed by atoms with Crippen molar-refractivity contribution in [2.75, 3.05) is 20.1 Å². The average Bonchev–Trinajstić information content (AvgIpc) is 2.63. The second-order valence-corrected chi connectivity index (χ2v) is 7.05. The minimum absolute atomic E-state index is 0. The number of aryl methyl sites for hydroxylation is 2. The Morgan fingerprint density at radius 1 is 1.08 bits per heavy atom. The average molecular weight is 472 g/mol. The van der Waals surface area contributed by atoms with Crippen LogP contribution in [0.4, 0.5) is 0 Å². The predicted molar refractivity (Wildman–Crippen MR) is 119 cm³/mol. The Morgan fingerprint density at radius 2 is 1.73 bits per heavy atom. The third kappa shape index (κ3) is 6.78. The van der Waals surface area contributed by atoms with E-state index in [1.807, 2.05) is 13.8 Å². The van der Waals surface area contributed by atoms with Crippen LogP contribution in [-0.2, 0) is 17.6 Å². The van der Waals surface area contributed by atoms with Crippen LogP contribution in [0, 0.1) is 5.92 Å². The van der Waals surface area contributed by atoms with Gasteiger partial charge in [0, 0.05) is 26.1 Å². The lowest BCUT2D eigenvalue weighted by Gasteiger charge is -2.21. The van der Waals surface area contributed by atoms with Gasteiger partial charge in [0.1, 0.15) is 0 Å². The molecule has 1 aromatic carbocycles. The lowest BCUT2D eigenvalue weighted by molar-refractivity contribution is -0.123. The second-order valence-electron chi connectivity index (χ2n) is 7.05. The highest BCUT2D eigenvalue weighted by molar-refractivity contribution is 14.0. The van der Waals surface area contributed by atoms with Crippen LogP contribution in [0.25, 0.3) is 0 Å². The smallest absolute Gasteiger partial charge is 0.222 e. The molecule has 0 bridgehead atoms. The van der Waals surface area contributed by atoms with Crippen LogP contribution in [-0.4, -0.2) is 32.0 Å². The number of halogens is 1. The number of rotatable bonds is 6. The van der Waals surface area contributed by atoms with E-state index in [2.05, 4.69) is 46.1 Å². The molecule has 0 saturated carbocycles. The maximum Gasteiger partial charge on any atom is 0.222 e. The van der Waals surface area contributed by atoms with Crippen LogP contribution in [0.15, 0.2) is 23.2 Å². The summed E-state index contributed by atoms with van der Waals surface area (Å²) in [5, 5.41) is 9.57. The molecule has 5 nitrogen and oxygen atoms in total. The first-order valence-corrected chi connectivity index (χ1v) is 9.38. The number of aliphatic imine (C=N–C) groups is 1. The van der Waals surface area contributed by atoms with Crippen LogP contribution < -0.4 is 16.0 Å². The Labute approximate surface area is 174 Å². The summed E-state index contributed by atoms with van der Waals surface area (Å²) in [7, 11) is 1.77. The van der Waals surface area contributed by atoms with Gasteiger partial charge in [0.2, 0.25) is 5.91 Å². The Balaban J connectivity index is 0.00000338. The highest BCUT2D eigenvalue weighted by Gasteiger charge is 2.13. The fourth-order valence-corrected chi connectivity index (χ4v) is 3.08. The van der Waals surface area contributed by atoms with Crippen LogP contribution in [0.2, 0.25) is 0 Å². The van der Waals surface area contributed by atoms with Gasteiger partial charge in [-0.05, 0) is 49.3 Å². The molecule has 0 fully saturated rings. The highest BCUT2D eigenvalue weighted by Crippen LogP contribution is 2.24. The molecule has 26 heavy (non-hydrogen) atoms. The zero-order chi connectivity index (χ0) is 18.2.